The van der Waals surface area contributed by atoms with Crippen molar-refractivity contribution in [2.45, 2.75) is 32.4 Å². The van der Waals surface area contributed by atoms with Crippen LogP contribution >= 0.6 is 0 Å². The van der Waals surface area contributed by atoms with Crippen LogP contribution in [0, 0.1) is 12.8 Å². The molecule has 3 heterocycles. The van der Waals surface area contributed by atoms with Crippen molar-refractivity contribution < 1.29 is 9.84 Å². The minimum atomic E-state index is 0.0825. The van der Waals surface area contributed by atoms with Gasteiger partial charge in [-0.1, -0.05) is 0 Å². The molecule has 0 radical (unpaired) electrons. The van der Waals surface area contributed by atoms with Gasteiger partial charge >= 0.3 is 0 Å². The second-order valence-electron chi connectivity index (χ2n) is 5.77. The average molecular weight is 302 g/mol. The Hall–Kier alpha value is -1.92. The highest BCUT2D eigenvalue weighted by molar-refractivity contribution is 5.27. The lowest BCUT2D eigenvalue weighted by Crippen LogP contribution is -2.31. The summed E-state index contributed by atoms with van der Waals surface area (Å²) in [6, 6.07) is 3.50. The standard InChI is InChI=1S/C16H22N4O2/c1-11-4-5-15(21)14(20-11)10-17-7-12-3-2-6-22-16(12)13-8-18-19-9-13/h4-5,8-9,12,16-17,21H,2-3,6-7,10H2,1H3,(H,18,19)/t12-,16+/m0/s1. The van der Waals surface area contributed by atoms with Crippen LogP contribution in [0.5, 0.6) is 5.75 Å². The highest BCUT2D eigenvalue weighted by Crippen LogP contribution is 2.32. The van der Waals surface area contributed by atoms with Gasteiger partial charge in [0.25, 0.3) is 0 Å². The SMILES string of the molecule is Cc1ccc(O)c(CNC[C@@H]2CCCO[C@H]2c2cn[nH]c2)n1. The smallest absolute Gasteiger partial charge is 0.138 e. The molecule has 0 amide bonds. The van der Waals surface area contributed by atoms with E-state index in [9.17, 15) is 5.11 Å². The van der Waals surface area contributed by atoms with E-state index in [1.807, 2.05) is 25.4 Å². The quantitative estimate of drug-likeness (QED) is 0.787. The molecule has 0 unspecified atom stereocenters. The number of hydrogen-bond acceptors (Lipinski definition) is 5. The molecule has 1 aliphatic heterocycles. The van der Waals surface area contributed by atoms with Crippen LogP contribution in [0.25, 0.3) is 0 Å². The van der Waals surface area contributed by atoms with E-state index in [0.717, 1.165) is 37.3 Å². The van der Waals surface area contributed by atoms with Crippen LogP contribution in [-0.2, 0) is 11.3 Å². The molecule has 118 valence electrons. The Morgan fingerprint density at radius 3 is 3.18 bits per heavy atom. The molecule has 3 N–H and O–H groups in total. The Labute approximate surface area is 129 Å². The second kappa shape index (κ2) is 6.89. The molecular formula is C16H22N4O2. The van der Waals surface area contributed by atoms with Crippen molar-refractivity contribution in [1.82, 2.24) is 20.5 Å². The van der Waals surface area contributed by atoms with Gasteiger partial charge in [-0.25, -0.2) is 0 Å². The van der Waals surface area contributed by atoms with Gasteiger partial charge in [-0.15, -0.1) is 0 Å². The highest BCUT2D eigenvalue weighted by Gasteiger charge is 2.27. The van der Waals surface area contributed by atoms with Crippen molar-refractivity contribution in [3.63, 3.8) is 0 Å². The summed E-state index contributed by atoms with van der Waals surface area (Å²) in [4.78, 5) is 4.37. The number of aryl methyl sites for hydroxylation is 1. The molecule has 6 heteroatoms. The molecule has 0 saturated carbocycles. The zero-order valence-electron chi connectivity index (χ0n) is 12.7. The number of aromatic nitrogens is 3. The molecule has 0 spiro atoms. The summed E-state index contributed by atoms with van der Waals surface area (Å²) in [5, 5.41) is 20.1. The second-order valence-corrected chi connectivity index (χ2v) is 5.77. The van der Waals surface area contributed by atoms with E-state index in [4.69, 9.17) is 4.74 Å². The fraction of sp³-hybridized carbons (Fsp3) is 0.500. The van der Waals surface area contributed by atoms with Gasteiger partial charge in [0, 0.05) is 43.1 Å². The number of hydrogen-bond donors (Lipinski definition) is 3. The molecule has 2 atom stereocenters. The maximum atomic E-state index is 9.83. The predicted molar refractivity (Wildman–Crippen MR) is 82.4 cm³/mol. The van der Waals surface area contributed by atoms with Crippen molar-refractivity contribution in [2.75, 3.05) is 13.2 Å². The van der Waals surface area contributed by atoms with Gasteiger partial charge in [0.05, 0.1) is 18.0 Å². The lowest BCUT2D eigenvalue weighted by atomic mass is 9.91. The maximum absolute atomic E-state index is 9.83. The maximum Gasteiger partial charge on any atom is 0.138 e. The normalized spacial score (nSPS) is 21.9. The van der Waals surface area contributed by atoms with Crippen LogP contribution in [0.15, 0.2) is 24.5 Å². The van der Waals surface area contributed by atoms with Crippen LogP contribution in [0.1, 0.15) is 35.9 Å². The van der Waals surface area contributed by atoms with Crippen molar-refractivity contribution in [3.05, 3.63) is 41.5 Å². The summed E-state index contributed by atoms with van der Waals surface area (Å²) in [5.41, 5.74) is 2.70. The van der Waals surface area contributed by atoms with Gasteiger partial charge in [0.2, 0.25) is 0 Å². The summed E-state index contributed by atoms with van der Waals surface area (Å²) >= 11 is 0. The molecule has 2 aromatic heterocycles. The van der Waals surface area contributed by atoms with E-state index in [1.54, 1.807) is 6.07 Å². The monoisotopic (exact) mass is 302 g/mol. The summed E-state index contributed by atoms with van der Waals surface area (Å²) in [6.45, 7) is 4.10. The van der Waals surface area contributed by atoms with E-state index in [2.05, 4.69) is 20.5 Å². The first kappa shape index (κ1) is 15.0. The number of aromatic amines is 1. The van der Waals surface area contributed by atoms with E-state index >= 15 is 0 Å². The first-order valence-corrected chi connectivity index (χ1v) is 7.70. The lowest BCUT2D eigenvalue weighted by molar-refractivity contribution is -0.0278. The molecule has 2 aromatic rings. The van der Waals surface area contributed by atoms with Crippen molar-refractivity contribution in [3.8, 4) is 5.75 Å². The van der Waals surface area contributed by atoms with E-state index in [1.165, 1.54) is 0 Å². The first-order chi connectivity index (χ1) is 10.7. The Kier molecular flexibility index (Phi) is 4.70. The molecule has 1 aliphatic rings. The van der Waals surface area contributed by atoms with Crippen LogP contribution in [0.4, 0.5) is 0 Å². The minimum Gasteiger partial charge on any atom is -0.506 e. The Bertz CT molecular complexity index is 600. The van der Waals surface area contributed by atoms with Crippen molar-refractivity contribution >= 4 is 0 Å². The number of aromatic hydroxyl groups is 1. The summed E-state index contributed by atoms with van der Waals surface area (Å²) in [7, 11) is 0. The molecule has 1 fully saturated rings. The van der Waals surface area contributed by atoms with Gasteiger partial charge in [-0.05, 0) is 31.9 Å². The van der Waals surface area contributed by atoms with Crippen LogP contribution in [0.3, 0.4) is 0 Å². The zero-order chi connectivity index (χ0) is 15.4. The number of H-pyrrole nitrogens is 1. The number of pyridine rings is 1. The van der Waals surface area contributed by atoms with Gasteiger partial charge in [-0.3, -0.25) is 10.1 Å². The Morgan fingerprint density at radius 2 is 2.36 bits per heavy atom. The highest BCUT2D eigenvalue weighted by atomic mass is 16.5. The summed E-state index contributed by atoms with van der Waals surface area (Å²) in [5.74, 6) is 0.641. The van der Waals surface area contributed by atoms with Crippen molar-refractivity contribution in [1.29, 1.82) is 0 Å². The van der Waals surface area contributed by atoms with E-state index in [-0.39, 0.29) is 11.9 Å². The van der Waals surface area contributed by atoms with Gasteiger partial charge in [0.1, 0.15) is 5.75 Å². The van der Waals surface area contributed by atoms with Gasteiger partial charge in [0.15, 0.2) is 0 Å². The van der Waals surface area contributed by atoms with Crippen LogP contribution < -0.4 is 5.32 Å². The number of nitrogens with zero attached hydrogens (tertiary/aromatic N) is 2. The lowest BCUT2D eigenvalue weighted by Gasteiger charge is -2.31. The third-order valence-corrected chi connectivity index (χ3v) is 4.08. The average Bonchev–Trinajstić information content (AvgIpc) is 3.05. The van der Waals surface area contributed by atoms with E-state index < -0.39 is 0 Å². The first-order valence-electron chi connectivity index (χ1n) is 7.70. The van der Waals surface area contributed by atoms with Crippen LogP contribution in [0.2, 0.25) is 0 Å². The number of nitrogens with one attached hydrogen (secondary N) is 2. The predicted octanol–water partition coefficient (Wildman–Crippen LogP) is 2.08. The summed E-state index contributed by atoms with van der Waals surface area (Å²) in [6.07, 6.45) is 6.01. The fourth-order valence-electron chi connectivity index (χ4n) is 2.95. The van der Waals surface area contributed by atoms with Crippen molar-refractivity contribution in [2.24, 2.45) is 5.92 Å². The molecule has 22 heavy (non-hydrogen) atoms. The third kappa shape index (κ3) is 3.45. The molecule has 3 rings (SSSR count). The third-order valence-electron chi connectivity index (χ3n) is 4.08. The molecule has 0 aromatic carbocycles. The van der Waals surface area contributed by atoms with Crippen LogP contribution in [-0.4, -0.2) is 33.4 Å². The number of rotatable bonds is 5. The van der Waals surface area contributed by atoms with Gasteiger partial charge < -0.3 is 15.2 Å². The molecule has 0 aliphatic carbocycles. The molecule has 1 saturated heterocycles. The molecular weight excluding hydrogens is 280 g/mol. The van der Waals surface area contributed by atoms with Gasteiger partial charge in [-0.2, -0.15) is 5.10 Å². The number of ether oxygens (including phenoxy) is 1. The molecule has 0 bridgehead atoms. The minimum absolute atomic E-state index is 0.0825. The Balaban J connectivity index is 1.58. The largest absolute Gasteiger partial charge is 0.506 e. The molecule has 6 nitrogen and oxygen atoms in total. The fourth-order valence-corrected chi connectivity index (χ4v) is 2.95. The summed E-state index contributed by atoms with van der Waals surface area (Å²) < 4.78 is 5.92. The van der Waals surface area contributed by atoms with E-state index in [0.29, 0.717) is 18.2 Å². The Morgan fingerprint density at radius 1 is 1.45 bits per heavy atom. The zero-order valence-corrected chi connectivity index (χ0v) is 12.7. The topological polar surface area (TPSA) is 83.1 Å².